The van der Waals surface area contributed by atoms with Crippen molar-refractivity contribution in [3.8, 4) is 0 Å². The van der Waals surface area contributed by atoms with Crippen LogP contribution in [0, 0.1) is 5.92 Å². The van der Waals surface area contributed by atoms with E-state index in [9.17, 15) is 14.7 Å². The molecule has 1 aromatic rings. The van der Waals surface area contributed by atoms with Gasteiger partial charge in [-0.2, -0.15) is 0 Å². The lowest BCUT2D eigenvalue weighted by atomic mass is 9.92. The summed E-state index contributed by atoms with van der Waals surface area (Å²) in [7, 11) is 1.67. The molecule has 0 aromatic heterocycles. The zero-order chi connectivity index (χ0) is 16.0. The third kappa shape index (κ3) is 4.48. The van der Waals surface area contributed by atoms with Crippen molar-refractivity contribution in [2.45, 2.75) is 32.7 Å². The van der Waals surface area contributed by atoms with Crippen molar-refractivity contribution in [3.05, 3.63) is 35.9 Å². The number of nitrogens with zero attached hydrogens (tertiary/aromatic N) is 1. The van der Waals surface area contributed by atoms with E-state index in [1.54, 1.807) is 31.3 Å². The Morgan fingerprint density at radius 1 is 1.29 bits per heavy atom. The smallest absolute Gasteiger partial charge is 0.333 e. The van der Waals surface area contributed by atoms with Crippen molar-refractivity contribution >= 4 is 12.0 Å². The number of carboxylic acids is 1. The minimum absolute atomic E-state index is 0.385. The largest absolute Gasteiger partial charge is 0.479 e. The molecule has 0 aliphatic rings. The number of carboxylic acid groups (broad SMARTS) is 1. The normalized spacial score (nSPS) is 13.6. The molecular formula is C16H24N2O3. The van der Waals surface area contributed by atoms with Crippen LogP contribution >= 0.6 is 0 Å². The average molecular weight is 292 g/mol. The minimum atomic E-state index is -1.44. The van der Waals surface area contributed by atoms with Gasteiger partial charge in [-0.15, -0.1) is 0 Å². The summed E-state index contributed by atoms with van der Waals surface area (Å²) in [5, 5.41) is 12.1. The molecule has 2 N–H and O–H groups in total. The van der Waals surface area contributed by atoms with E-state index in [4.69, 9.17) is 0 Å². The maximum atomic E-state index is 12.2. The second-order valence-corrected chi connectivity index (χ2v) is 5.83. The summed E-state index contributed by atoms with van der Waals surface area (Å²) in [5.74, 6) is -0.598. The van der Waals surface area contributed by atoms with E-state index < -0.39 is 11.5 Å². The molecule has 1 atom stereocenters. The van der Waals surface area contributed by atoms with Crippen LogP contribution in [0.3, 0.4) is 0 Å². The summed E-state index contributed by atoms with van der Waals surface area (Å²) in [5.41, 5.74) is -0.895. The molecule has 5 heteroatoms. The van der Waals surface area contributed by atoms with Crippen molar-refractivity contribution < 1.29 is 14.7 Å². The first kappa shape index (κ1) is 17.0. The Hall–Kier alpha value is -2.04. The van der Waals surface area contributed by atoms with Crippen LogP contribution < -0.4 is 5.32 Å². The first-order valence-electron chi connectivity index (χ1n) is 7.09. The number of hydrogen-bond donors (Lipinski definition) is 2. The molecule has 116 valence electrons. The Morgan fingerprint density at radius 2 is 1.86 bits per heavy atom. The van der Waals surface area contributed by atoms with Crippen LogP contribution in [0.1, 0.15) is 32.8 Å². The predicted octanol–water partition coefficient (Wildman–Crippen LogP) is 2.67. The van der Waals surface area contributed by atoms with E-state index in [-0.39, 0.29) is 6.03 Å². The molecule has 0 saturated heterocycles. The Labute approximate surface area is 126 Å². The SMILES string of the molecule is CC(C)CCN(C)C(=O)NC(C)(C(=O)O)c1ccccc1. The quantitative estimate of drug-likeness (QED) is 0.847. The highest BCUT2D eigenvalue weighted by Crippen LogP contribution is 2.21. The Morgan fingerprint density at radius 3 is 2.33 bits per heavy atom. The van der Waals surface area contributed by atoms with Crippen LogP contribution in [-0.2, 0) is 10.3 Å². The summed E-state index contributed by atoms with van der Waals surface area (Å²) >= 11 is 0. The van der Waals surface area contributed by atoms with Gasteiger partial charge >= 0.3 is 12.0 Å². The summed E-state index contributed by atoms with van der Waals surface area (Å²) in [6.07, 6.45) is 0.874. The molecule has 5 nitrogen and oxygen atoms in total. The lowest BCUT2D eigenvalue weighted by Crippen LogP contribution is -2.53. The van der Waals surface area contributed by atoms with Gasteiger partial charge in [0.2, 0.25) is 0 Å². The molecule has 1 rings (SSSR count). The number of urea groups is 1. The van der Waals surface area contributed by atoms with Crippen LogP contribution in [0.5, 0.6) is 0 Å². The summed E-state index contributed by atoms with van der Waals surface area (Å²) in [6, 6.07) is 8.33. The maximum absolute atomic E-state index is 12.2. The maximum Gasteiger partial charge on any atom is 0.333 e. The van der Waals surface area contributed by atoms with E-state index in [1.165, 1.54) is 11.8 Å². The van der Waals surface area contributed by atoms with Crippen molar-refractivity contribution in [2.24, 2.45) is 5.92 Å². The second-order valence-electron chi connectivity index (χ2n) is 5.83. The van der Waals surface area contributed by atoms with Crippen LogP contribution in [0.25, 0.3) is 0 Å². The minimum Gasteiger partial charge on any atom is -0.479 e. The van der Waals surface area contributed by atoms with E-state index in [2.05, 4.69) is 19.2 Å². The average Bonchev–Trinajstić information content (AvgIpc) is 2.45. The highest BCUT2D eigenvalue weighted by molar-refractivity contribution is 5.87. The number of amides is 2. The van der Waals surface area contributed by atoms with Crippen LogP contribution in [0.2, 0.25) is 0 Å². The molecular weight excluding hydrogens is 268 g/mol. The lowest BCUT2D eigenvalue weighted by Gasteiger charge is -2.29. The van der Waals surface area contributed by atoms with Crippen LogP contribution in [0.4, 0.5) is 4.79 Å². The predicted molar refractivity (Wildman–Crippen MR) is 82.0 cm³/mol. The Balaban J connectivity index is 2.84. The second kappa shape index (κ2) is 7.11. The van der Waals surface area contributed by atoms with Gasteiger partial charge in [0.1, 0.15) is 0 Å². The lowest BCUT2D eigenvalue weighted by molar-refractivity contribution is -0.144. The van der Waals surface area contributed by atoms with Crippen molar-refractivity contribution in [1.82, 2.24) is 10.2 Å². The fraction of sp³-hybridized carbons (Fsp3) is 0.500. The van der Waals surface area contributed by atoms with Gasteiger partial charge < -0.3 is 15.3 Å². The number of hydrogen-bond acceptors (Lipinski definition) is 2. The fourth-order valence-corrected chi connectivity index (χ4v) is 1.88. The summed E-state index contributed by atoms with van der Waals surface area (Å²) < 4.78 is 0. The van der Waals surface area contributed by atoms with Gasteiger partial charge in [0.15, 0.2) is 5.54 Å². The molecule has 0 bridgehead atoms. The fourth-order valence-electron chi connectivity index (χ4n) is 1.88. The zero-order valence-electron chi connectivity index (χ0n) is 13.1. The van der Waals surface area contributed by atoms with Gasteiger partial charge in [-0.1, -0.05) is 44.2 Å². The standard InChI is InChI=1S/C16H24N2O3/c1-12(2)10-11-18(4)15(21)17-16(3,14(19)20)13-8-6-5-7-9-13/h5-9,12H,10-11H2,1-4H3,(H,17,21)(H,19,20). The number of rotatable bonds is 6. The molecule has 0 spiro atoms. The van der Waals surface area contributed by atoms with Crippen LogP contribution in [0.15, 0.2) is 30.3 Å². The van der Waals surface area contributed by atoms with E-state index in [0.29, 0.717) is 18.0 Å². The van der Waals surface area contributed by atoms with Crippen molar-refractivity contribution in [3.63, 3.8) is 0 Å². The van der Waals surface area contributed by atoms with Crippen LogP contribution in [-0.4, -0.2) is 35.6 Å². The van der Waals surface area contributed by atoms with Gasteiger partial charge in [0, 0.05) is 13.6 Å². The molecule has 0 heterocycles. The Bertz CT molecular complexity index is 488. The third-order valence-corrected chi connectivity index (χ3v) is 3.52. The summed E-state index contributed by atoms with van der Waals surface area (Å²) in [6.45, 7) is 6.25. The first-order valence-corrected chi connectivity index (χ1v) is 7.09. The highest BCUT2D eigenvalue weighted by Gasteiger charge is 2.37. The van der Waals surface area contributed by atoms with E-state index in [1.807, 2.05) is 6.07 Å². The monoisotopic (exact) mass is 292 g/mol. The third-order valence-electron chi connectivity index (χ3n) is 3.52. The highest BCUT2D eigenvalue weighted by atomic mass is 16.4. The molecule has 0 aliphatic carbocycles. The number of carbonyl (C=O) groups excluding carboxylic acids is 1. The molecule has 0 fully saturated rings. The van der Waals surface area contributed by atoms with Gasteiger partial charge in [0.05, 0.1) is 0 Å². The number of carbonyl (C=O) groups is 2. The number of aliphatic carboxylic acids is 1. The van der Waals surface area contributed by atoms with Gasteiger partial charge in [0.25, 0.3) is 0 Å². The molecule has 21 heavy (non-hydrogen) atoms. The van der Waals surface area contributed by atoms with E-state index in [0.717, 1.165) is 6.42 Å². The zero-order valence-corrected chi connectivity index (χ0v) is 13.1. The topological polar surface area (TPSA) is 69.6 Å². The van der Waals surface area contributed by atoms with Gasteiger partial charge in [-0.25, -0.2) is 9.59 Å². The number of benzene rings is 1. The molecule has 0 radical (unpaired) electrons. The first-order chi connectivity index (χ1) is 9.77. The Kier molecular flexibility index (Phi) is 5.76. The van der Waals surface area contributed by atoms with Gasteiger partial charge in [-0.05, 0) is 24.8 Å². The molecule has 1 unspecified atom stereocenters. The molecule has 0 aliphatic heterocycles. The van der Waals surface area contributed by atoms with Crippen molar-refractivity contribution in [2.75, 3.05) is 13.6 Å². The molecule has 2 amide bonds. The van der Waals surface area contributed by atoms with E-state index >= 15 is 0 Å². The summed E-state index contributed by atoms with van der Waals surface area (Å²) in [4.78, 5) is 25.3. The van der Waals surface area contributed by atoms with Crippen molar-refractivity contribution in [1.29, 1.82) is 0 Å². The molecule has 0 saturated carbocycles. The van der Waals surface area contributed by atoms with Gasteiger partial charge in [-0.3, -0.25) is 0 Å². The number of nitrogens with one attached hydrogen (secondary N) is 1. The molecule has 1 aromatic carbocycles.